The van der Waals surface area contributed by atoms with Crippen molar-refractivity contribution in [1.82, 2.24) is 0 Å². The second-order valence-electron chi connectivity index (χ2n) is 5.44. The lowest BCUT2D eigenvalue weighted by Crippen LogP contribution is -2.00. The van der Waals surface area contributed by atoms with Crippen LogP contribution in [0.5, 0.6) is 5.75 Å². The van der Waals surface area contributed by atoms with E-state index in [1.54, 1.807) is 22.5 Å². The second kappa shape index (κ2) is 8.32. The molecule has 1 unspecified atom stereocenters. The van der Waals surface area contributed by atoms with Gasteiger partial charge in [-0.15, -0.1) is 0 Å². The number of carbonyl (C=O) groups excluding carboxylic acids is 1. The van der Waals surface area contributed by atoms with Crippen LogP contribution < -0.4 is 4.74 Å². The van der Waals surface area contributed by atoms with Crippen molar-refractivity contribution >= 4 is 49.9 Å². The molecular formula is C18H14O4S4. The van der Waals surface area contributed by atoms with E-state index >= 15 is 0 Å². The van der Waals surface area contributed by atoms with Gasteiger partial charge in [0.15, 0.2) is 11.1 Å². The van der Waals surface area contributed by atoms with Crippen LogP contribution in [0.3, 0.4) is 0 Å². The summed E-state index contributed by atoms with van der Waals surface area (Å²) < 4.78 is 25.8. The molecule has 0 bridgehead atoms. The molecule has 0 aliphatic carbocycles. The summed E-state index contributed by atoms with van der Waals surface area (Å²) in [7, 11) is 3.13. The number of ether oxygens (including phenoxy) is 1. The highest BCUT2D eigenvalue weighted by molar-refractivity contribution is 7.80. The summed E-state index contributed by atoms with van der Waals surface area (Å²) in [6, 6.07) is 14.8. The van der Waals surface area contributed by atoms with E-state index in [0.29, 0.717) is 5.75 Å². The largest absolute Gasteiger partial charge is 0.427 e. The van der Waals surface area contributed by atoms with Crippen LogP contribution in [0.15, 0.2) is 48.5 Å². The van der Waals surface area contributed by atoms with Gasteiger partial charge in [0.1, 0.15) is 9.57 Å². The minimum absolute atomic E-state index is 0.115. The van der Waals surface area contributed by atoms with E-state index in [-0.39, 0.29) is 11.7 Å². The fourth-order valence-electron chi connectivity index (χ4n) is 2.45. The highest BCUT2D eigenvalue weighted by atomic mass is 32.9. The third-order valence-electron chi connectivity index (χ3n) is 3.54. The van der Waals surface area contributed by atoms with Gasteiger partial charge in [-0.05, 0) is 28.8 Å². The zero-order valence-corrected chi connectivity index (χ0v) is 16.9. The molecule has 0 aliphatic heterocycles. The van der Waals surface area contributed by atoms with Crippen molar-refractivity contribution in [3.63, 3.8) is 0 Å². The lowest BCUT2D eigenvalue weighted by atomic mass is 10.0. The molecule has 8 heteroatoms. The summed E-state index contributed by atoms with van der Waals surface area (Å²) in [5.41, 5.74) is 3.75. The fourth-order valence-corrected chi connectivity index (χ4v) is 5.84. The number of benzene rings is 2. The van der Waals surface area contributed by atoms with E-state index in [9.17, 15) is 9.00 Å². The van der Waals surface area contributed by atoms with E-state index in [4.69, 9.17) is 21.5 Å². The Labute approximate surface area is 165 Å². The molecule has 0 aliphatic rings. The first-order valence-electron chi connectivity index (χ1n) is 7.53. The molecule has 1 N–H and O–H groups in total. The van der Waals surface area contributed by atoms with Gasteiger partial charge in [-0.3, -0.25) is 4.79 Å². The lowest BCUT2D eigenvalue weighted by molar-refractivity contribution is -0.131. The molecule has 0 saturated carbocycles. The van der Waals surface area contributed by atoms with Crippen molar-refractivity contribution in [3.05, 3.63) is 57.9 Å². The van der Waals surface area contributed by atoms with Crippen molar-refractivity contribution in [2.75, 3.05) is 0 Å². The Bertz CT molecular complexity index is 1000. The molecule has 0 amide bonds. The Morgan fingerprint density at radius 1 is 1.08 bits per heavy atom. The molecule has 2 aromatic carbocycles. The van der Waals surface area contributed by atoms with E-state index < -0.39 is 11.1 Å². The van der Waals surface area contributed by atoms with Crippen LogP contribution in [-0.4, -0.2) is 14.7 Å². The van der Waals surface area contributed by atoms with Crippen LogP contribution >= 0.6 is 32.9 Å². The molecular weight excluding hydrogens is 408 g/mol. The van der Waals surface area contributed by atoms with Crippen LogP contribution in [0.4, 0.5) is 0 Å². The van der Waals surface area contributed by atoms with Crippen LogP contribution in [0.1, 0.15) is 12.5 Å². The van der Waals surface area contributed by atoms with Gasteiger partial charge in [-0.25, -0.2) is 4.21 Å². The summed E-state index contributed by atoms with van der Waals surface area (Å²) >= 11 is 3.66. The zero-order valence-electron chi connectivity index (χ0n) is 13.6. The number of carbonyl (C=O) groups is 1. The minimum atomic E-state index is -1.85. The summed E-state index contributed by atoms with van der Waals surface area (Å²) in [5, 5.41) is 0. The highest BCUT2D eigenvalue weighted by Gasteiger charge is 2.13. The van der Waals surface area contributed by atoms with Gasteiger partial charge in [-0.1, -0.05) is 69.3 Å². The molecule has 4 nitrogen and oxygen atoms in total. The first-order valence-corrected chi connectivity index (χ1v) is 11.4. The molecule has 0 fully saturated rings. The maximum atomic E-state index is 11.0. The summed E-state index contributed by atoms with van der Waals surface area (Å²) in [5.74, 6) is 0.252. The van der Waals surface area contributed by atoms with Crippen molar-refractivity contribution < 1.29 is 18.3 Å². The molecule has 0 spiro atoms. The Morgan fingerprint density at radius 2 is 1.69 bits per heavy atom. The molecule has 1 atom stereocenters. The molecule has 0 radical (unpaired) electrons. The van der Waals surface area contributed by atoms with Gasteiger partial charge < -0.3 is 9.29 Å². The Kier molecular flexibility index (Phi) is 6.10. The van der Waals surface area contributed by atoms with Crippen LogP contribution in [0.2, 0.25) is 0 Å². The SMILES string of the molecule is CC(=O)Oc1ccc(-c2c(-c3ccc(CS(=O)O)cc3)ssc2=S)cc1. The third kappa shape index (κ3) is 4.52. The van der Waals surface area contributed by atoms with Gasteiger partial charge in [0.25, 0.3) is 0 Å². The monoisotopic (exact) mass is 422 g/mol. The van der Waals surface area contributed by atoms with Crippen molar-refractivity contribution in [1.29, 1.82) is 0 Å². The number of esters is 1. The van der Waals surface area contributed by atoms with Crippen LogP contribution in [-0.2, 0) is 21.6 Å². The Morgan fingerprint density at radius 3 is 2.27 bits per heavy atom. The molecule has 1 aromatic heterocycles. The first kappa shape index (κ1) is 19.1. The topological polar surface area (TPSA) is 63.6 Å². The molecule has 0 saturated heterocycles. The molecule has 134 valence electrons. The average Bonchev–Trinajstić information content (AvgIpc) is 2.97. The smallest absolute Gasteiger partial charge is 0.308 e. The first-order chi connectivity index (χ1) is 12.4. The Hall–Kier alpha value is -1.71. The van der Waals surface area contributed by atoms with Crippen molar-refractivity contribution in [2.24, 2.45) is 0 Å². The average molecular weight is 423 g/mol. The Balaban J connectivity index is 1.95. The molecule has 3 aromatic rings. The molecule has 1 heterocycles. The lowest BCUT2D eigenvalue weighted by Gasteiger charge is -2.06. The number of hydrogen-bond donors (Lipinski definition) is 1. The van der Waals surface area contributed by atoms with E-state index in [1.807, 2.05) is 36.4 Å². The minimum Gasteiger partial charge on any atom is -0.427 e. The predicted octanol–water partition coefficient (Wildman–Crippen LogP) is 5.52. The summed E-state index contributed by atoms with van der Waals surface area (Å²) in [6.07, 6.45) is 0. The van der Waals surface area contributed by atoms with Crippen molar-refractivity contribution in [2.45, 2.75) is 12.7 Å². The zero-order chi connectivity index (χ0) is 18.7. The van der Waals surface area contributed by atoms with E-state index in [0.717, 1.165) is 31.0 Å². The number of hydrogen-bond acceptors (Lipinski definition) is 6. The van der Waals surface area contributed by atoms with Gasteiger partial charge in [-0.2, -0.15) is 0 Å². The van der Waals surface area contributed by atoms with E-state index in [2.05, 4.69) is 0 Å². The normalized spacial score (nSPS) is 11.9. The van der Waals surface area contributed by atoms with Crippen molar-refractivity contribution in [3.8, 4) is 27.3 Å². The highest BCUT2D eigenvalue weighted by Crippen LogP contribution is 2.41. The quantitative estimate of drug-likeness (QED) is 0.193. The van der Waals surface area contributed by atoms with Gasteiger partial charge in [0.2, 0.25) is 0 Å². The summed E-state index contributed by atoms with van der Waals surface area (Å²) in [4.78, 5) is 12.1. The standard InChI is InChI=1S/C18H14O4S4/c1-11(19)22-15-8-6-13(7-9-15)16-17(24-25-18(16)23)14-4-2-12(3-5-14)10-26(20)21/h2-9H,10H2,1H3,(H,20,21). The third-order valence-corrected chi connectivity index (χ3v) is 7.19. The van der Waals surface area contributed by atoms with Gasteiger partial charge >= 0.3 is 5.97 Å². The maximum Gasteiger partial charge on any atom is 0.308 e. The summed E-state index contributed by atoms with van der Waals surface area (Å²) in [6.45, 7) is 1.37. The van der Waals surface area contributed by atoms with Gasteiger partial charge in [0, 0.05) is 12.5 Å². The maximum absolute atomic E-state index is 11.0. The fraction of sp³-hybridized carbons (Fsp3) is 0.111. The van der Waals surface area contributed by atoms with Gasteiger partial charge in [0.05, 0.1) is 10.6 Å². The molecule has 26 heavy (non-hydrogen) atoms. The second-order valence-corrected chi connectivity index (χ2v) is 9.19. The molecule has 3 rings (SSSR count). The van der Waals surface area contributed by atoms with E-state index in [1.165, 1.54) is 17.3 Å². The van der Waals surface area contributed by atoms with Crippen LogP contribution in [0.25, 0.3) is 21.6 Å². The van der Waals surface area contributed by atoms with Crippen LogP contribution in [0, 0.1) is 3.82 Å². The predicted molar refractivity (Wildman–Crippen MR) is 110 cm³/mol. The number of rotatable bonds is 5.